The number of halogens is 1. The van der Waals surface area contributed by atoms with Gasteiger partial charge in [0, 0.05) is 13.2 Å². The Morgan fingerprint density at radius 3 is 2.95 bits per heavy atom. The predicted molar refractivity (Wildman–Crippen MR) is 73.3 cm³/mol. The Morgan fingerprint density at radius 1 is 1.42 bits per heavy atom. The first-order chi connectivity index (χ1) is 9.29. The highest BCUT2D eigenvalue weighted by Gasteiger charge is 2.26. The molecule has 102 valence electrons. The Kier molecular flexibility index (Phi) is 3.52. The van der Waals surface area contributed by atoms with E-state index in [1.54, 1.807) is 13.3 Å². The number of fused-ring (bicyclic) bond motifs is 1. The topological polar surface area (TPSA) is 66.9 Å². The normalized spacial score (nSPS) is 16.3. The molecular formula is C12H16ClN5O. The van der Waals surface area contributed by atoms with E-state index < -0.39 is 0 Å². The number of H-pyrrole nitrogens is 1. The maximum atomic E-state index is 5.99. The SMILES string of the molecule is COCN(c1nc(Cl)nc2[nH]ncc12)C1CCCC1. The van der Waals surface area contributed by atoms with Crippen LogP contribution >= 0.6 is 11.6 Å². The lowest BCUT2D eigenvalue weighted by atomic mass is 10.2. The molecule has 19 heavy (non-hydrogen) atoms. The minimum absolute atomic E-state index is 0.228. The fourth-order valence-corrected chi connectivity index (χ4v) is 2.87. The van der Waals surface area contributed by atoms with E-state index in [9.17, 15) is 0 Å². The first-order valence-electron chi connectivity index (χ1n) is 6.42. The zero-order chi connectivity index (χ0) is 13.2. The lowest BCUT2D eigenvalue weighted by molar-refractivity contribution is 0.188. The number of nitrogens with one attached hydrogen (secondary N) is 1. The van der Waals surface area contributed by atoms with Crippen molar-refractivity contribution in [2.45, 2.75) is 31.7 Å². The lowest BCUT2D eigenvalue weighted by Crippen LogP contribution is -2.35. The molecule has 1 aliphatic rings. The van der Waals surface area contributed by atoms with E-state index in [4.69, 9.17) is 16.3 Å². The monoisotopic (exact) mass is 281 g/mol. The molecule has 0 aromatic carbocycles. The number of ether oxygens (including phenoxy) is 1. The van der Waals surface area contributed by atoms with E-state index in [0.717, 1.165) is 24.0 Å². The molecule has 3 rings (SSSR count). The molecule has 1 aliphatic carbocycles. The largest absolute Gasteiger partial charge is 0.364 e. The average Bonchev–Trinajstić information content (AvgIpc) is 3.05. The van der Waals surface area contributed by atoms with Crippen LogP contribution in [0.4, 0.5) is 5.82 Å². The molecule has 0 radical (unpaired) electrons. The Bertz CT molecular complexity index is 566. The first-order valence-corrected chi connectivity index (χ1v) is 6.79. The fraction of sp³-hybridized carbons (Fsp3) is 0.583. The summed E-state index contributed by atoms with van der Waals surface area (Å²) in [6.07, 6.45) is 6.55. The second-order valence-electron chi connectivity index (χ2n) is 4.77. The van der Waals surface area contributed by atoms with Gasteiger partial charge in [0.1, 0.15) is 12.5 Å². The smallest absolute Gasteiger partial charge is 0.226 e. The van der Waals surface area contributed by atoms with Crippen molar-refractivity contribution in [1.29, 1.82) is 0 Å². The third kappa shape index (κ3) is 2.37. The predicted octanol–water partition coefficient (Wildman–Crippen LogP) is 2.36. The van der Waals surface area contributed by atoms with Gasteiger partial charge in [-0.3, -0.25) is 5.10 Å². The van der Waals surface area contributed by atoms with Gasteiger partial charge in [-0.2, -0.15) is 15.1 Å². The zero-order valence-electron chi connectivity index (χ0n) is 10.8. The van der Waals surface area contributed by atoms with E-state index in [2.05, 4.69) is 25.1 Å². The van der Waals surface area contributed by atoms with Gasteiger partial charge in [-0.25, -0.2) is 0 Å². The molecule has 0 aliphatic heterocycles. The van der Waals surface area contributed by atoms with Gasteiger partial charge in [0.2, 0.25) is 5.28 Å². The minimum Gasteiger partial charge on any atom is -0.364 e. The van der Waals surface area contributed by atoms with Gasteiger partial charge in [0.25, 0.3) is 0 Å². The van der Waals surface area contributed by atoms with Crippen LogP contribution in [0.3, 0.4) is 0 Å². The molecule has 0 amide bonds. The third-order valence-corrected chi connectivity index (χ3v) is 3.74. The molecule has 0 spiro atoms. The highest BCUT2D eigenvalue weighted by molar-refractivity contribution is 6.28. The van der Waals surface area contributed by atoms with Crippen LogP contribution in [-0.2, 0) is 4.74 Å². The van der Waals surface area contributed by atoms with Crippen molar-refractivity contribution in [1.82, 2.24) is 20.2 Å². The molecule has 7 heteroatoms. The number of aromatic amines is 1. The summed E-state index contributed by atoms with van der Waals surface area (Å²) in [4.78, 5) is 10.7. The molecule has 0 bridgehead atoms. The van der Waals surface area contributed by atoms with E-state index in [0.29, 0.717) is 18.4 Å². The van der Waals surface area contributed by atoms with Gasteiger partial charge in [-0.05, 0) is 24.4 Å². The van der Waals surface area contributed by atoms with Crippen LogP contribution in [0, 0.1) is 0 Å². The van der Waals surface area contributed by atoms with Crippen molar-refractivity contribution >= 4 is 28.5 Å². The third-order valence-electron chi connectivity index (χ3n) is 3.57. The van der Waals surface area contributed by atoms with Crippen molar-refractivity contribution in [2.24, 2.45) is 0 Å². The Labute approximate surface area is 116 Å². The van der Waals surface area contributed by atoms with Crippen LogP contribution in [0.25, 0.3) is 11.0 Å². The maximum absolute atomic E-state index is 5.99. The molecule has 1 N–H and O–H groups in total. The van der Waals surface area contributed by atoms with E-state index in [-0.39, 0.29) is 5.28 Å². The van der Waals surface area contributed by atoms with Crippen LogP contribution in [0.15, 0.2) is 6.20 Å². The van der Waals surface area contributed by atoms with Crippen LogP contribution < -0.4 is 4.90 Å². The molecule has 0 unspecified atom stereocenters. The van der Waals surface area contributed by atoms with Crippen molar-refractivity contribution in [3.8, 4) is 0 Å². The number of hydrogen-bond acceptors (Lipinski definition) is 5. The molecule has 2 aromatic rings. The molecule has 2 heterocycles. The summed E-state index contributed by atoms with van der Waals surface area (Å²) < 4.78 is 5.33. The number of methoxy groups -OCH3 is 1. The van der Waals surface area contributed by atoms with E-state index in [1.807, 2.05) is 0 Å². The van der Waals surface area contributed by atoms with Crippen LogP contribution in [0.1, 0.15) is 25.7 Å². The summed E-state index contributed by atoms with van der Waals surface area (Å²) in [5.74, 6) is 0.803. The van der Waals surface area contributed by atoms with Crippen molar-refractivity contribution < 1.29 is 4.74 Å². The quantitative estimate of drug-likeness (QED) is 0.688. The Balaban J connectivity index is 2.05. The van der Waals surface area contributed by atoms with Crippen LogP contribution in [-0.4, -0.2) is 40.0 Å². The summed E-state index contributed by atoms with van der Waals surface area (Å²) in [5, 5.41) is 7.96. The van der Waals surface area contributed by atoms with Gasteiger partial charge in [0.15, 0.2) is 5.65 Å². The van der Waals surface area contributed by atoms with Gasteiger partial charge >= 0.3 is 0 Å². The number of rotatable bonds is 4. The Hall–Kier alpha value is -1.40. The average molecular weight is 282 g/mol. The molecular weight excluding hydrogens is 266 g/mol. The van der Waals surface area contributed by atoms with Crippen molar-refractivity contribution in [2.75, 3.05) is 18.7 Å². The number of nitrogens with zero attached hydrogens (tertiary/aromatic N) is 4. The van der Waals surface area contributed by atoms with E-state index >= 15 is 0 Å². The highest BCUT2D eigenvalue weighted by atomic mass is 35.5. The maximum Gasteiger partial charge on any atom is 0.226 e. The molecule has 2 aromatic heterocycles. The molecule has 6 nitrogen and oxygen atoms in total. The second kappa shape index (κ2) is 5.30. The van der Waals surface area contributed by atoms with Gasteiger partial charge < -0.3 is 9.64 Å². The van der Waals surface area contributed by atoms with Gasteiger partial charge in [-0.1, -0.05) is 12.8 Å². The molecule has 0 saturated heterocycles. The second-order valence-corrected chi connectivity index (χ2v) is 5.11. The summed E-state index contributed by atoms with van der Waals surface area (Å²) in [7, 11) is 1.69. The Morgan fingerprint density at radius 2 is 2.21 bits per heavy atom. The summed E-state index contributed by atoms with van der Waals surface area (Å²) in [6, 6.07) is 0.448. The minimum atomic E-state index is 0.228. The standard InChI is InChI=1S/C12H16ClN5O/c1-19-7-18(8-4-2-3-5-8)11-9-6-14-17-10(9)15-12(13)16-11/h6,8H,2-5,7H2,1H3,(H,14,15,16,17). The molecule has 1 fully saturated rings. The van der Waals surface area contributed by atoms with Gasteiger partial charge in [-0.15, -0.1) is 0 Å². The van der Waals surface area contributed by atoms with Crippen molar-refractivity contribution in [3.63, 3.8) is 0 Å². The number of hydrogen-bond donors (Lipinski definition) is 1. The van der Waals surface area contributed by atoms with Gasteiger partial charge in [0.05, 0.1) is 11.6 Å². The van der Waals surface area contributed by atoms with Crippen LogP contribution in [0.5, 0.6) is 0 Å². The highest BCUT2D eigenvalue weighted by Crippen LogP contribution is 2.31. The summed E-state index contributed by atoms with van der Waals surface area (Å²) in [6.45, 7) is 0.498. The first kappa shape index (κ1) is 12.6. The summed E-state index contributed by atoms with van der Waals surface area (Å²) >= 11 is 5.99. The zero-order valence-corrected chi connectivity index (χ0v) is 11.5. The molecule has 1 saturated carbocycles. The lowest BCUT2D eigenvalue weighted by Gasteiger charge is -2.29. The summed E-state index contributed by atoms with van der Waals surface area (Å²) in [5.41, 5.74) is 0.661. The number of anilines is 1. The molecule has 0 atom stereocenters. The fourth-order valence-electron chi connectivity index (χ4n) is 2.71. The number of aromatic nitrogens is 4. The van der Waals surface area contributed by atoms with Crippen molar-refractivity contribution in [3.05, 3.63) is 11.5 Å². The van der Waals surface area contributed by atoms with Crippen LogP contribution in [0.2, 0.25) is 5.28 Å². The van der Waals surface area contributed by atoms with E-state index in [1.165, 1.54) is 12.8 Å².